The molecule has 2 aromatic rings. The summed E-state index contributed by atoms with van der Waals surface area (Å²) in [6, 6.07) is 2.57. The zero-order valence-electron chi connectivity index (χ0n) is 7.10. The van der Waals surface area contributed by atoms with E-state index in [1.807, 2.05) is 0 Å². The molecule has 0 aliphatic heterocycles. The number of nitrogens with zero attached hydrogens (tertiary/aromatic N) is 1. The third-order valence-corrected chi connectivity index (χ3v) is 3.15. The Morgan fingerprint density at radius 3 is 2.60 bits per heavy atom. The van der Waals surface area contributed by atoms with Crippen LogP contribution in [0.1, 0.15) is 4.88 Å². The van der Waals surface area contributed by atoms with Crippen molar-refractivity contribution >= 4 is 22.9 Å². The topological polar surface area (TPSA) is 28.7 Å². The monoisotopic (exact) mass is 252 g/mol. The summed E-state index contributed by atoms with van der Waals surface area (Å²) in [5, 5.41) is 6.29. The number of alkyl halides is 3. The lowest BCUT2D eigenvalue weighted by atomic mass is 10.2. The fourth-order valence-corrected chi connectivity index (χ4v) is 2.25. The van der Waals surface area contributed by atoms with Crippen LogP contribution in [0, 0.1) is 0 Å². The molecule has 0 aliphatic carbocycles. The van der Waals surface area contributed by atoms with Crippen LogP contribution in [0.4, 0.5) is 13.2 Å². The fraction of sp³-hybridized carbons (Fsp3) is 0.125. The van der Waals surface area contributed by atoms with E-state index in [0.717, 1.165) is 6.07 Å². The van der Waals surface area contributed by atoms with Crippen molar-refractivity contribution in [2.24, 2.45) is 0 Å². The molecular formula is C8H4ClF3N2S. The molecule has 7 heteroatoms. The molecule has 2 heterocycles. The Hall–Kier alpha value is -1.01. The molecule has 80 valence electrons. The van der Waals surface area contributed by atoms with Crippen LogP contribution < -0.4 is 0 Å². The highest BCUT2D eigenvalue weighted by atomic mass is 35.5. The van der Waals surface area contributed by atoms with Crippen LogP contribution in [0.25, 0.3) is 11.3 Å². The van der Waals surface area contributed by atoms with E-state index < -0.39 is 11.1 Å². The Bertz CT molecular complexity index is 461. The van der Waals surface area contributed by atoms with Gasteiger partial charge in [0.2, 0.25) is 0 Å². The first kappa shape index (κ1) is 10.5. The van der Waals surface area contributed by atoms with Crippen LogP contribution in [0.2, 0.25) is 4.34 Å². The predicted molar refractivity (Wildman–Crippen MR) is 51.9 cm³/mol. The van der Waals surface area contributed by atoms with Gasteiger partial charge in [0.1, 0.15) is 9.21 Å². The maximum Gasteiger partial charge on any atom is 0.425 e. The van der Waals surface area contributed by atoms with Gasteiger partial charge in [-0.15, -0.1) is 11.3 Å². The number of nitrogens with one attached hydrogen (secondary N) is 1. The predicted octanol–water partition coefficient (Wildman–Crippen LogP) is 3.81. The lowest BCUT2D eigenvalue weighted by molar-refractivity contribution is -0.134. The summed E-state index contributed by atoms with van der Waals surface area (Å²) in [6.45, 7) is 0. The highest BCUT2D eigenvalue weighted by Gasteiger charge is 2.34. The standard InChI is InChI=1S/C8H4ClF3N2S/c9-7-4(5-1-2-13-14-5)3-6(15-7)8(10,11)12/h1-3H,(H,13,14). The second-order valence-corrected chi connectivity index (χ2v) is 4.41. The molecule has 1 N–H and O–H groups in total. The van der Waals surface area contributed by atoms with Crippen LogP contribution >= 0.6 is 22.9 Å². The van der Waals surface area contributed by atoms with Crippen LogP contribution in [0.5, 0.6) is 0 Å². The highest BCUT2D eigenvalue weighted by molar-refractivity contribution is 7.16. The Labute approximate surface area is 91.7 Å². The first-order chi connectivity index (χ1) is 6.98. The fourth-order valence-electron chi connectivity index (χ4n) is 1.09. The molecule has 0 saturated heterocycles. The molecule has 0 atom stereocenters. The molecule has 15 heavy (non-hydrogen) atoms. The zero-order valence-corrected chi connectivity index (χ0v) is 8.67. The number of halogens is 4. The molecule has 0 fully saturated rings. The van der Waals surface area contributed by atoms with E-state index >= 15 is 0 Å². The van der Waals surface area contributed by atoms with Crippen LogP contribution in [-0.2, 0) is 6.18 Å². The summed E-state index contributed by atoms with van der Waals surface area (Å²) in [5.74, 6) is 0. The summed E-state index contributed by atoms with van der Waals surface area (Å²) in [4.78, 5) is -0.717. The molecule has 0 unspecified atom stereocenters. The maximum absolute atomic E-state index is 12.3. The molecule has 0 saturated carbocycles. The van der Waals surface area contributed by atoms with Gasteiger partial charge in [-0.3, -0.25) is 5.10 Å². The number of H-pyrrole nitrogens is 1. The van der Waals surface area contributed by atoms with Crippen LogP contribution in [-0.4, -0.2) is 10.2 Å². The molecule has 0 aromatic carbocycles. The Balaban J connectivity index is 2.47. The molecule has 0 aliphatic rings. The van der Waals surface area contributed by atoms with Crippen molar-refractivity contribution in [1.29, 1.82) is 0 Å². The van der Waals surface area contributed by atoms with Gasteiger partial charge >= 0.3 is 6.18 Å². The first-order valence-corrected chi connectivity index (χ1v) is 5.04. The second-order valence-electron chi connectivity index (χ2n) is 2.76. The second kappa shape index (κ2) is 3.53. The minimum atomic E-state index is -4.36. The lowest BCUT2D eigenvalue weighted by Crippen LogP contribution is -2.00. The summed E-state index contributed by atoms with van der Waals surface area (Å²) in [7, 11) is 0. The van der Waals surface area contributed by atoms with Gasteiger partial charge in [0, 0.05) is 11.8 Å². The van der Waals surface area contributed by atoms with Crippen molar-refractivity contribution < 1.29 is 13.2 Å². The van der Waals surface area contributed by atoms with E-state index in [1.54, 1.807) is 6.07 Å². The normalized spacial score (nSPS) is 12.0. The van der Waals surface area contributed by atoms with Crippen molar-refractivity contribution in [2.45, 2.75) is 6.18 Å². The minimum Gasteiger partial charge on any atom is -0.285 e. The smallest absolute Gasteiger partial charge is 0.285 e. The molecule has 2 rings (SSSR count). The number of hydrogen-bond donors (Lipinski definition) is 1. The summed E-state index contributed by atoms with van der Waals surface area (Å²) in [6.07, 6.45) is -2.83. The minimum absolute atomic E-state index is 0.0921. The van der Waals surface area contributed by atoms with E-state index in [2.05, 4.69) is 10.2 Å². The van der Waals surface area contributed by atoms with Crippen molar-refractivity contribution in [3.8, 4) is 11.3 Å². The molecule has 0 amide bonds. The van der Waals surface area contributed by atoms with Crippen molar-refractivity contribution in [2.75, 3.05) is 0 Å². The van der Waals surface area contributed by atoms with Crippen molar-refractivity contribution in [3.63, 3.8) is 0 Å². The summed E-state index contributed by atoms with van der Waals surface area (Å²) >= 11 is 6.21. The third kappa shape index (κ3) is 2.00. The molecule has 0 bridgehead atoms. The highest BCUT2D eigenvalue weighted by Crippen LogP contribution is 2.42. The quantitative estimate of drug-likeness (QED) is 0.821. The van der Waals surface area contributed by atoms with Crippen LogP contribution in [0.3, 0.4) is 0 Å². The van der Waals surface area contributed by atoms with Gasteiger partial charge in [-0.2, -0.15) is 18.3 Å². The number of thiophene rings is 1. The number of aromatic amines is 1. The van der Waals surface area contributed by atoms with E-state index in [-0.39, 0.29) is 4.34 Å². The van der Waals surface area contributed by atoms with Gasteiger partial charge in [0.25, 0.3) is 0 Å². The van der Waals surface area contributed by atoms with Gasteiger partial charge in [0.05, 0.1) is 5.69 Å². The van der Waals surface area contributed by atoms with Crippen molar-refractivity contribution in [3.05, 3.63) is 27.5 Å². The first-order valence-electron chi connectivity index (χ1n) is 3.85. The number of hydrogen-bond acceptors (Lipinski definition) is 2. The van der Waals surface area contributed by atoms with Crippen LogP contribution in [0.15, 0.2) is 18.3 Å². The number of rotatable bonds is 1. The van der Waals surface area contributed by atoms with Gasteiger partial charge in [0.15, 0.2) is 0 Å². The molecular weight excluding hydrogens is 249 g/mol. The molecule has 0 spiro atoms. The van der Waals surface area contributed by atoms with E-state index in [0.29, 0.717) is 22.6 Å². The third-order valence-electron chi connectivity index (χ3n) is 1.74. The Kier molecular flexibility index (Phi) is 2.47. The Morgan fingerprint density at radius 1 is 1.40 bits per heavy atom. The largest absolute Gasteiger partial charge is 0.425 e. The van der Waals surface area contributed by atoms with E-state index in [4.69, 9.17) is 11.6 Å². The van der Waals surface area contributed by atoms with E-state index in [9.17, 15) is 13.2 Å². The average molecular weight is 253 g/mol. The van der Waals surface area contributed by atoms with Gasteiger partial charge in [-0.1, -0.05) is 11.6 Å². The molecule has 0 radical (unpaired) electrons. The summed E-state index contributed by atoms with van der Waals surface area (Å²) in [5.41, 5.74) is 0.710. The van der Waals surface area contributed by atoms with Crippen molar-refractivity contribution in [1.82, 2.24) is 10.2 Å². The average Bonchev–Trinajstić information content (AvgIpc) is 2.69. The number of aromatic nitrogens is 2. The summed E-state index contributed by atoms with van der Waals surface area (Å²) < 4.78 is 37.1. The molecule has 2 nitrogen and oxygen atoms in total. The van der Waals surface area contributed by atoms with Gasteiger partial charge < -0.3 is 0 Å². The van der Waals surface area contributed by atoms with E-state index in [1.165, 1.54) is 6.20 Å². The SMILES string of the molecule is FC(F)(F)c1cc(-c2cc[nH]n2)c(Cl)s1. The maximum atomic E-state index is 12.3. The van der Waals surface area contributed by atoms with Gasteiger partial charge in [-0.25, -0.2) is 0 Å². The lowest BCUT2D eigenvalue weighted by Gasteiger charge is -1.99. The Morgan fingerprint density at radius 2 is 2.13 bits per heavy atom. The van der Waals surface area contributed by atoms with Gasteiger partial charge in [-0.05, 0) is 12.1 Å². The molecule has 2 aromatic heterocycles. The zero-order chi connectivity index (χ0) is 11.1.